The van der Waals surface area contributed by atoms with Crippen LogP contribution in [0.25, 0.3) is 0 Å². The van der Waals surface area contributed by atoms with Gasteiger partial charge in [0.25, 0.3) is 0 Å². The van der Waals surface area contributed by atoms with E-state index in [0.29, 0.717) is 6.42 Å². The monoisotopic (exact) mass is 298 g/mol. The molecule has 1 aromatic heterocycles. The van der Waals surface area contributed by atoms with Crippen LogP contribution < -0.4 is 4.90 Å². The van der Waals surface area contributed by atoms with E-state index in [1.165, 1.54) is 18.6 Å². The van der Waals surface area contributed by atoms with Crippen molar-refractivity contribution in [2.75, 3.05) is 44.7 Å². The molecule has 1 aliphatic heterocycles. The Balaban J connectivity index is 1.77. The molecule has 0 N–H and O–H groups in total. The summed E-state index contributed by atoms with van der Waals surface area (Å²) in [6.45, 7) is 6.72. The Kier molecular flexibility index (Phi) is 5.72. The number of carbonyl (C=O) groups excluding carboxylic acids is 1. The number of methoxy groups -OCH3 is 1. The first-order valence-electron chi connectivity index (χ1n) is 7.09. The summed E-state index contributed by atoms with van der Waals surface area (Å²) in [5, 5.41) is 1.03. The fraction of sp³-hybridized carbons (Fsp3) is 0.769. The summed E-state index contributed by atoms with van der Waals surface area (Å²) in [6.07, 6.45) is 2.50. The summed E-state index contributed by atoms with van der Waals surface area (Å²) in [4.78, 5) is 20.3. The Hall–Kier alpha value is -1.21. The van der Waals surface area contributed by atoms with Crippen LogP contribution in [-0.4, -0.2) is 60.1 Å². The normalized spacial score (nSPS) is 16.4. The zero-order chi connectivity index (χ0) is 14.4. The number of ether oxygens (including phenoxy) is 1. The van der Waals surface area contributed by atoms with Crippen molar-refractivity contribution in [3.63, 3.8) is 0 Å². The fourth-order valence-electron chi connectivity index (χ4n) is 2.21. The van der Waals surface area contributed by atoms with Gasteiger partial charge in [0.15, 0.2) is 0 Å². The third kappa shape index (κ3) is 4.14. The number of rotatable bonds is 6. The minimum atomic E-state index is -0.138. The van der Waals surface area contributed by atoms with Crippen LogP contribution in [0.2, 0.25) is 0 Å². The highest BCUT2D eigenvalue weighted by molar-refractivity contribution is 7.09. The second kappa shape index (κ2) is 7.54. The topological polar surface area (TPSA) is 58.6 Å². The van der Waals surface area contributed by atoms with Gasteiger partial charge in [0.1, 0.15) is 5.82 Å². The second-order valence-electron chi connectivity index (χ2n) is 4.90. The maximum atomic E-state index is 11.1. The maximum Gasteiger partial charge on any atom is 0.306 e. The Morgan fingerprint density at radius 1 is 1.35 bits per heavy atom. The van der Waals surface area contributed by atoms with Gasteiger partial charge in [0.05, 0.1) is 13.5 Å². The van der Waals surface area contributed by atoms with Gasteiger partial charge in [-0.2, -0.15) is 4.37 Å². The quantitative estimate of drug-likeness (QED) is 0.735. The average molecular weight is 298 g/mol. The second-order valence-corrected chi connectivity index (χ2v) is 5.63. The first-order valence-corrected chi connectivity index (χ1v) is 7.87. The molecule has 0 spiro atoms. The van der Waals surface area contributed by atoms with Crippen molar-refractivity contribution in [2.24, 2.45) is 0 Å². The van der Waals surface area contributed by atoms with Gasteiger partial charge in [0.2, 0.25) is 5.13 Å². The summed E-state index contributed by atoms with van der Waals surface area (Å²) in [6, 6.07) is 0. The molecule has 7 heteroatoms. The predicted molar refractivity (Wildman–Crippen MR) is 79.2 cm³/mol. The van der Waals surface area contributed by atoms with Gasteiger partial charge in [-0.05, 0) is 6.42 Å². The summed E-state index contributed by atoms with van der Waals surface area (Å²) in [7, 11) is 1.43. The highest BCUT2D eigenvalue weighted by Crippen LogP contribution is 2.19. The van der Waals surface area contributed by atoms with E-state index < -0.39 is 0 Å². The lowest BCUT2D eigenvalue weighted by Gasteiger charge is -2.34. The molecule has 0 saturated carbocycles. The lowest BCUT2D eigenvalue weighted by atomic mass is 10.3. The van der Waals surface area contributed by atoms with Gasteiger partial charge < -0.3 is 9.64 Å². The van der Waals surface area contributed by atoms with Gasteiger partial charge in [0, 0.05) is 50.7 Å². The first-order chi connectivity index (χ1) is 9.72. The van der Waals surface area contributed by atoms with Crippen molar-refractivity contribution < 1.29 is 9.53 Å². The molecule has 1 fully saturated rings. The fourth-order valence-corrected chi connectivity index (χ4v) is 2.98. The van der Waals surface area contributed by atoms with Crippen molar-refractivity contribution in [2.45, 2.75) is 26.2 Å². The molecule has 2 rings (SSSR count). The number of anilines is 1. The lowest BCUT2D eigenvalue weighted by Crippen LogP contribution is -2.47. The van der Waals surface area contributed by atoms with E-state index >= 15 is 0 Å². The number of aryl methyl sites for hydroxylation is 1. The van der Waals surface area contributed by atoms with Crippen molar-refractivity contribution in [3.8, 4) is 0 Å². The molecule has 1 aliphatic rings. The van der Waals surface area contributed by atoms with Crippen LogP contribution in [0, 0.1) is 0 Å². The molecule has 6 nitrogen and oxygen atoms in total. The number of esters is 1. The van der Waals surface area contributed by atoms with E-state index in [4.69, 9.17) is 0 Å². The van der Waals surface area contributed by atoms with Crippen LogP contribution in [0.4, 0.5) is 5.13 Å². The number of aromatic nitrogens is 2. The van der Waals surface area contributed by atoms with E-state index in [-0.39, 0.29) is 5.97 Å². The zero-order valence-electron chi connectivity index (χ0n) is 12.2. The third-order valence-corrected chi connectivity index (χ3v) is 4.25. The molecule has 0 amide bonds. The molecule has 2 heterocycles. The molecule has 0 aromatic carbocycles. The van der Waals surface area contributed by atoms with Crippen LogP contribution in [0.15, 0.2) is 0 Å². The van der Waals surface area contributed by atoms with Crippen LogP contribution in [0.5, 0.6) is 0 Å². The molecule has 0 radical (unpaired) electrons. The van der Waals surface area contributed by atoms with E-state index in [2.05, 4.69) is 30.8 Å². The Morgan fingerprint density at radius 3 is 2.75 bits per heavy atom. The van der Waals surface area contributed by atoms with Crippen LogP contribution in [0.3, 0.4) is 0 Å². The molecule has 1 aromatic rings. The molecule has 112 valence electrons. The highest BCUT2D eigenvalue weighted by atomic mass is 32.1. The number of hydrogen-bond acceptors (Lipinski definition) is 7. The van der Waals surface area contributed by atoms with Gasteiger partial charge in [-0.1, -0.05) is 6.92 Å². The van der Waals surface area contributed by atoms with Crippen LogP contribution in [0.1, 0.15) is 25.6 Å². The number of piperazine rings is 1. The maximum absolute atomic E-state index is 11.1. The molecule has 0 atom stereocenters. The lowest BCUT2D eigenvalue weighted by molar-refractivity contribution is -0.141. The standard InChI is InChI=1S/C13H22N4O2S/c1-3-4-11-14-13(20-15-11)17-9-7-16(8-10-17)6-5-12(18)19-2/h3-10H2,1-2H3. The SMILES string of the molecule is CCCc1nsc(N2CCN(CCC(=O)OC)CC2)n1. The first kappa shape index (κ1) is 15.2. The number of nitrogens with zero attached hydrogens (tertiary/aromatic N) is 4. The van der Waals surface area contributed by atoms with Gasteiger partial charge in [-0.15, -0.1) is 0 Å². The number of hydrogen-bond donors (Lipinski definition) is 0. The molecule has 20 heavy (non-hydrogen) atoms. The third-order valence-electron chi connectivity index (χ3n) is 3.43. The Labute approximate surface area is 123 Å². The van der Waals surface area contributed by atoms with E-state index in [1.807, 2.05) is 0 Å². The van der Waals surface area contributed by atoms with Gasteiger partial charge in [-0.25, -0.2) is 4.98 Å². The van der Waals surface area contributed by atoms with Crippen molar-refractivity contribution in [1.82, 2.24) is 14.3 Å². The molecular formula is C13H22N4O2S. The summed E-state index contributed by atoms with van der Waals surface area (Å²) >= 11 is 1.49. The Morgan fingerprint density at radius 2 is 2.10 bits per heavy atom. The molecular weight excluding hydrogens is 276 g/mol. The van der Waals surface area contributed by atoms with Crippen molar-refractivity contribution in [1.29, 1.82) is 0 Å². The average Bonchev–Trinajstić information content (AvgIpc) is 2.94. The smallest absolute Gasteiger partial charge is 0.306 e. The van der Waals surface area contributed by atoms with Crippen LogP contribution >= 0.6 is 11.5 Å². The minimum absolute atomic E-state index is 0.138. The minimum Gasteiger partial charge on any atom is -0.469 e. The van der Waals surface area contributed by atoms with E-state index in [9.17, 15) is 4.79 Å². The predicted octanol–water partition coefficient (Wildman–Crippen LogP) is 1.18. The largest absolute Gasteiger partial charge is 0.469 e. The van der Waals surface area contributed by atoms with Gasteiger partial charge >= 0.3 is 5.97 Å². The summed E-state index contributed by atoms with van der Waals surface area (Å²) in [5.41, 5.74) is 0. The molecule has 1 saturated heterocycles. The molecule has 0 bridgehead atoms. The van der Waals surface area contributed by atoms with Crippen molar-refractivity contribution in [3.05, 3.63) is 5.82 Å². The van der Waals surface area contributed by atoms with Crippen LogP contribution in [-0.2, 0) is 16.0 Å². The highest BCUT2D eigenvalue weighted by Gasteiger charge is 2.20. The summed E-state index contributed by atoms with van der Waals surface area (Å²) < 4.78 is 9.05. The van der Waals surface area contributed by atoms with Gasteiger partial charge in [-0.3, -0.25) is 9.69 Å². The summed E-state index contributed by atoms with van der Waals surface area (Å²) in [5.74, 6) is 0.821. The van der Waals surface area contributed by atoms with Crippen molar-refractivity contribution >= 4 is 22.6 Å². The molecule has 0 aliphatic carbocycles. The molecule has 0 unspecified atom stereocenters. The Bertz CT molecular complexity index is 430. The zero-order valence-corrected chi connectivity index (χ0v) is 13.0. The number of carbonyl (C=O) groups is 1. The van der Waals surface area contributed by atoms with E-state index in [1.54, 1.807) is 0 Å². The van der Waals surface area contributed by atoms with E-state index in [0.717, 1.165) is 56.5 Å².